The second kappa shape index (κ2) is 10.9. The Kier molecular flexibility index (Phi) is 8.17. The Morgan fingerprint density at radius 2 is 1.25 bits per heavy atom. The van der Waals surface area contributed by atoms with Crippen LogP contribution in [0.2, 0.25) is 0 Å². The van der Waals surface area contributed by atoms with Gasteiger partial charge in [0.15, 0.2) is 0 Å². The van der Waals surface area contributed by atoms with Gasteiger partial charge in [0.25, 0.3) is 0 Å². The van der Waals surface area contributed by atoms with Crippen LogP contribution in [0.1, 0.15) is 30.0 Å². The van der Waals surface area contributed by atoms with Crippen LogP contribution in [0, 0.1) is 0 Å². The number of rotatable bonds is 9. The number of carbonyl (C=O) groups is 1. The topological polar surface area (TPSA) is 47.6 Å². The average molecular weight is 511 g/mol. The van der Waals surface area contributed by atoms with Gasteiger partial charge in [-0.3, -0.25) is 4.79 Å². The highest BCUT2D eigenvalue weighted by Gasteiger charge is 2.38. The predicted octanol–water partition coefficient (Wildman–Crippen LogP) is 6.54. The first-order valence-corrected chi connectivity index (χ1v) is 10.9. The third kappa shape index (κ3) is 7.40. The molecule has 3 aromatic rings. The summed E-state index contributed by atoms with van der Waals surface area (Å²) in [5, 5.41) is 2.76. The number of nitrogens with one attached hydrogen (secondary N) is 1. The smallest absolute Gasteiger partial charge is 0.406 e. The van der Waals surface area contributed by atoms with Crippen LogP contribution < -0.4 is 14.8 Å². The van der Waals surface area contributed by atoms with Crippen molar-refractivity contribution >= 4 is 5.91 Å². The lowest BCUT2D eigenvalue weighted by molar-refractivity contribution is -0.275. The first kappa shape index (κ1) is 26.9. The standard InChI is InChI=1S/C26H23F6NO3/c1-2-23(34)33-17-24(16-18-8-4-3-5-9-18,19-10-6-12-21(14-19)35-25(27,28)29)20-11-7-13-22(15-20)36-26(30,31)32/h3-15H,2,16-17H2,1H3,(H,33,34). The number of benzene rings is 3. The van der Waals surface area contributed by atoms with E-state index in [9.17, 15) is 31.1 Å². The van der Waals surface area contributed by atoms with E-state index in [0.29, 0.717) is 11.1 Å². The molecule has 0 aromatic heterocycles. The Morgan fingerprint density at radius 1 is 0.750 bits per heavy atom. The minimum atomic E-state index is -4.95. The Bertz CT molecular complexity index is 1100. The van der Waals surface area contributed by atoms with Gasteiger partial charge in [-0.1, -0.05) is 61.5 Å². The van der Waals surface area contributed by atoms with Gasteiger partial charge in [0.1, 0.15) is 11.5 Å². The molecule has 1 amide bonds. The van der Waals surface area contributed by atoms with Crippen LogP contribution in [-0.2, 0) is 16.6 Å². The first-order chi connectivity index (χ1) is 16.9. The number of ether oxygens (including phenoxy) is 2. The molecule has 3 aromatic carbocycles. The quantitative estimate of drug-likeness (QED) is 0.332. The van der Waals surface area contributed by atoms with Gasteiger partial charge in [-0.15, -0.1) is 26.3 Å². The van der Waals surface area contributed by atoms with Crippen LogP contribution in [0.15, 0.2) is 78.9 Å². The summed E-state index contributed by atoms with van der Waals surface area (Å²) in [5.41, 5.74) is 0.0668. The summed E-state index contributed by atoms with van der Waals surface area (Å²) in [6.07, 6.45) is -9.62. The van der Waals surface area contributed by atoms with Crippen molar-refractivity contribution in [3.8, 4) is 11.5 Å². The van der Waals surface area contributed by atoms with Gasteiger partial charge in [-0.2, -0.15) is 0 Å². The molecule has 0 aliphatic heterocycles. The van der Waals surface area contributed by atoms with Crippen LogP contribution in [0.4, 0.5) is 26.3 Å². The molecule has 0 radical (unpaired) electrons. The van der Waals surface area contributed by atoms with E-state index < -0.39 is 29.6 Å². The molecule has 0 aliphatic carbocycles. The van der Waals surface area contributed by atoms with Gasteiger partial charge in [0.05, 0.1) is 0 Å². The zero-order chi connectivity index (χ0) is 26.4. The van der Waals surface area contributed by atoms with Crippen molar-refractivity contribution in [3.05, 3.63) is 95.6 Å². The van der Waals surface area contributed by atoms with E-state index in [1.54, 1.807) is 49.4 Å². The highest BCUT2D eigenvalue weighted by Crippen LogP contribution is 2.39. The molecule has 0 fully saturated rings. The van der Waals surface area contributed by atoms with E-state index in [-0.39, 0.29) is 25.3 Å². The van der Waals surface area contributed by atoms with Gasteiger partial charge in [0, 0.05) is 18.4 Å². The molecule has 0 heterocycles. The van der Waals surface area contributed by atoms with Crippen molar-refractivity contribution in [2.24, 2.45) is 0 Å². The lowest BCUT2D eigenvalue weighted by atomic mass is 9.70. The van der Waals surface area contributed by atoms with Gasteiger partial charge in [0.2, 0.25) is 5.91 Å². The second-order valence-electron chi connectivity index (χ2n) is 8.03. The highest BCUT2D eigenvalue weighted by atomic mass is 19.4. The van der Waals surface area contributed by atoms with Gasteiger partial charge >= 0.3 is 12.7 Å². The first-order valence-electron chi connectivity index (χ1n) is 10.9. The number of hydrogen-bond donors (Lipinski definition) is 1. The molecule has 0 saturated carbocycles. The third-order valence-electron chi connectivity index (χ3n) is 5.50. The van der Waals surface area contributed by atoms with E-state index >= 15 is 0 Å². The summed E-state index contributed by atoms with van der Waals surface area (Å²) < 4.78 is 85.9. The average Bonchev–Trinajstić information content (AvgIpc) is 2.80. The summed E-state index contributed by atoms with van der Waals surface area (Å²) in [6, 6.07) is 19.2. The van der Waals surface area contributed by atoms with Crippen molar-refractivity contribution < 1.29 is 40.6 Å². The van der Waals surface area contributed by atoms with E-state index in [0.717, 1.165) is 17.7 Å². The van der Waals surface area contributed by atoms with E-state index in [4.69, 9.17) is 0 Å². The van der Waals surface area contributed by atoms with E-state index in [2.05, 4.69) is 14.8 Å². The maximum absolute atomic E-state index is 12.9. The normalized spacial score (nSPS) is 12.2. The summed E-state index contributed by atoms with van der Waals surface area (Å²) in [5.74, 6) is -1.33. The largest absolute Gasteiger partial charge is 0.573 e. The number of carbonyl (C=O) groups excluding carboxylic acids is 1. The lowest BCUT2D eigenvalue weighted by Crippen LogP contribution is -2.43. The van der Waals surface area contributed by atoms with Crippen LogP contribution in [-0.4, -0.2) is 25.2 Å². The molecule has 0 spiro atoms. The minimum Gasteiger partial charge on any atom is -0.406 e. The van der Waals surface area contributed by atoms with Crippen LogP contribution in [0.3, 0.4) is 0 Å². The Hall–Kier alpha value is -3.69. The summed E-state index contributed by atoms with van der Waals surface area (Å²) in [6.45, 7) is 1.52. The maximum Gasteiger partial charge on any atom is 0.573 e. The second-order valence-corrected chi connectivity index (χ2v) is 8.03. The molecule has 4 nitrogen and oxygen atoms in total. The SMILES string of the molecule is CCC(=O)NCC(Cc1ccccc1)(c1cccc(OC(F)(F)F)c1)c1cccc(OC(F)(F)F)c1. The molecule has 1 N–H and O–H groups in total. The van der Waals surface area contributed by atoms with Crippen molar-refractivity contribution in [1.82, 2.24) is 5.32 Å². The molecule has 3 rings (SSSR count). The van der Waals surface area contributed by atoms with Crippen molar-refractivity contribution in [1.29, 1.82) is 0 Å². The van der Waals surface area contributed by atoms with Crippen molar-refractivity contribution in [3.63, 3.8) is 0 Å². The lowest BCUT2D eigenvalue weighted by Gasteiger charge is -2.36. The molecule has 0 atom stereocenters. The number of amides is 1. The summed E-state index contributed by atoms with van der Waals surface area (Å²) in [4.78, 5) is 12.2. The van der Waals surface area contributed by atoms with Crippen LogP contribution >= 0.6 is 0 Å². The monoisotopic (exact) mass is 511 g/mol. The molecule has 0 saturated heterocycles. The number of halogens is 6. The predicted molar refractivity (Wildman–Crippen MR) is 120 cm³/mol. The van der Waals surface area contributed by atoms with E-state index in [1.165, 1.54) is 24.3 Å². The van der Waals surface area contributed by atoms with Gasteiger partial charge in [-0.25, -0.2) is 0 Å². The maximum atomic E-state index is 12.9. The minimum absolute atomic E-state index is 0.112. The van der Waals surface area contributed by atoms with Gasteiger partial charge < -0.3 is 14.8 Å². The van der Waals surface area contributed by atoms with Crippen LogP contribution in [0.25, 0.3) is 0 Å². The Morgan fingerprint density at radius 3 is 1.69 bits per heavy atom. The van der Waals surface area contributed by atoms with Crippen molar-refractivity contribution in [2.75, 3.05) is 6.54 Å². The summed E-state index contributed by atoms with van der Waals surface area (Å²) in [7, 11) is 0. The molecule has 0 aliphatic rings. The molecular formula is C26H23F6NO3. The van der Waals surface area contributed by atoms with Crippen molar-refractivity contribution in [2.45, 2.75) is 37.9 Å². The zero-order valence-corrected chi connectivity index (χ0v) is 19.1. The fourth-order valence-corrected chi connectivity index (χ4v) is 3.94. The molecule has 10 heteroatoms. The summed E-state index contributed by atoms with van der Waals surface area (Å²) >= 11 is 0. The zero-order valence-electron chi connectivity index (χ0n) is 19.1. The molecule has 192 valence electrons. The molecule has 36 heavy (non-hydrogen) atoms. The Labute approximate surface area is 203 Å². The third-order valence-corrected chi connectivity index (χ3v) is 5.50. The number of alkyl halides is 6. The van der Waals surface area contributed by atoms with E-state index in [1.807, 2.05) is 0 Å². The molecule has 0 bridgehead atoms. The fraction of sp³-hybridized carbons (Fsp3) is 0.269. The van der Waals surface area contributed by atoms with Crippen LogP contribution in [0.5, 0.6) is 11.5 Å². The number of hydrogen-bond acceptors (Lipinski definition) is 3. The highest BCUT2D eigenvalue weighted by molar-refractivity contribution is 5.75. The van der Waals surface area contributed by atoms with Gasteiger partial charge in [-0.05, 0) is 47.4 Å². The fourth-order valence-electron chi connectivity index (χ4n) is 3.94. The Balaban J connectivity index is 2.22. The molecule has 0 unspecified atom stereocenters. The molecular weight excluding hydrogens is 488 g/mol.